The number of carbonyl (C=O) groups is 2. The third-order valence-corrected chi connectivity index (χ3v) is 2.78. The van der Waals surface area contributed by atoms with Crippen molar-refractivity contribution < 1.29 is 14.3 Å². The number of ether oxygens (including phenoxy) is 1. The zero-order valence-corrected chi connectivity index (χ0v) is 13.8. The molecule has 1 atom stereocenters. The van der Waals surface area contributed by atoms with E-state index in [4.69, 9.17) is 4.74 Å². The first kappa shape index (κ1) is 19.4. The van der Waals surface area contributed by atoms with Gasteiger partial charge in [0.1, 0.15) is 5.60 Å². The molecule has 0 heterocycles. The lowest BCUT2D eigenvalue weighted by Gasteiger charge is -2.23. The number of carbonyl (C=O) groups excluding carboxylic acids is 2. The van der Waals surface area contributed by atoms with Crippen LogP contribution in [0.2, 0.25) is 0 Å². The first-order valence-corrected chi connectivity index (χ1v) is 6.79. The zero-order chi connectivity index (χ0) is 15.2. The second-order valence-electron chi connectivity index (χ2n) is 5.80. The lowest BCUT2D eigenvalue weighted by atomic mass is 9.95. The Labute approximate surface area is 132 Å². The first-order chi connectivity index (χ1) is 9.31. The molecule has 1 aromatic carbocycles. The quantitative estimate of drug-likeness (QED) is 0.850. The van der Waals surface area contributed by atoms with Crippen LogP contribution >= 0.6 is 12.4 Å². The topological polar surface area (TPSA) is 55.4 Å². The number of hydrogen-bond acceptors (Lipinski definition) is 3. The average molecular weight is 314 g/mol. The normalized spacial score (nSPS) is 12.0. The number of hydrogen-bond donors (Lipinski definition) is 1. The summed E-state index contributed by atoms with van der Waals surface area (Å²) in [7, 11) is 1.57. The fourth-order valence-corrected chi connectivity index (χ4v) is 1.85. The summed E-state index contributed by atoms with van der Waals surface area (Å²) in [6.45, 7) is 5.47. The van der Waals surface area contributed by atoms with Gasteiger partial charge >= 0.3 is 5.97 Å². The molecule has 0 aliphatic heterocycles. The van der Waals surface area contributed by atoms with E-state index in [1.807, 2.05) is 51.1 Å². The minimum absolute atomic E-state index is 0. The summed E-state index contributed by atoms with van der Waals surface area (Å²) in [6, 6.07) is 9.65. The van der Waals surface area contributed by atoms with E-state index < -0.39 is 11.5 Å². The summed E-state index contributed by atoms with van der Waals surface area (Å²) in [5.41, 5.74) is 0.474. The minimum Gasteiger partial charge on any atom is -0.460 e. The monoisotopic (exact) mass is 313 g/mol. The Kier molecular flexibility index (Phi) is 8.03. The molecule has 1 amide bonds. The standard InChI is InChI=1S/C16H23NO3.ClH/c1-16(2,3)20-15(19)13(11-14(18)17-4)10-12-8-6-5-7-9-12;/h5-9,13H,10-11H2,1-4H3,(H,17,18);1H. The molecule has 0 aliphatic rings. The van der Waals surface area contributed by atoms with Crippen molar-refractivity contribution >= 4 is 24.3 Å². The van der Waals surface area contributed by atoms with Crippen LogP contribution < -0.4 is 5.32 Å². The minimum atomic E-state index is -0.547. The van der Waals surface area contributed by atoms with Crippen LogP contribution in [-0.4, -0.2) is 24.5 Å². The first-order valence-electron chi connectivity index (χ1n) is 6.79. The van der Waals surface area contributed by atoms with Crippen molar-refractivity contribution in [3.05, 3.63) is 35.9 Å². The van der Waals surface area contributed by atoms with Gasteiger partial charge in [-0.25, -0.2) is 0 Å². The fraction of sp³-hybridized carbons (Fsp3) is 0.500. The van der Waals surface area contributed by atoms with Gasteiger partial charge in [0.15, 0.2) is 0 Å². The molecule has 4 nitrogen and oxygen atoms in total. The molecule has 0 aliphatic carbocycles. The van der Waals surface area contributed by atoms with Crippen molar-refractivity contribution in [2.24, 2.45) is 5.92 Å². The lowest BCUT2D eigenvalue weighted by molar-refractivity contribution is -0.161. The molecule has 0 fully saturated rings. The second-order valence-corrected chi connectivity index (χ2v) is 5.80. The molecule has 0 radical (unpaired) electrons. The van der Waals surface area contributed by atoms with Gasteiger partial charge in [0.25, 0.3) is 0 Å². The molecule has 0 aromatic heterocycles. The maximum Gasteiger partial charge on any atom is 0.310 e. The number of halogens is 1. The van der Waals surface area contributed by atoms with E-state index in [-0.39, 0.29) is 30.7 Å². The highest BCUT2D eigenvalue weighted by Gasteiger charge is 2.27. The van der Waals surface area contributed by atoms with Gasteiger partial charge in [-0.2, -0.15) is 0 Å². The van der Waals surface area contributed by atoms with Crippen molar-refractivity contribution in [1.29, 1.82) is 0 Å². The van der Waals surface area contributed by atoms with Crippen LogP contribution in [0.25, 0.3) is 0 Å². The number of nitrogens with one attached hydrogen (secondary N) is 1. The van der Waals surface area contributed by atoms with E-state index in [0.717, 1.165) is 5.56 Å². The Hall–Kier alpha value is -1.55. The fourth-order valence-electron chi connectivity index (χ4n) is 1.85. The molecular weight excluding hydrogens is 290 g/mol. The van der Waals surface area contributed by atoms with Crippen LogP contribution in [0.1, 0.15) is 32.8 Å². The highest BCUT2D eigenvalue weighted by Crippen LogP contribution is 2.18. The number of esters is 1. The summed E-state index contributed by atoms with van der Waals surface area (Å²) < 4.78 is 5.40. The third kappa shape index (κ3) is 7.71. The Bertz CT molecular complexity index is 454. The molecule has 0 spiro atoms. The Morgan fingerprint density at radius 2 is 1.76 bits per heavy atom. The summed E-state index contributed by atoms with van der Waals surface area (Å²) in [4.78, 5) is 23.8. The molecule has 0 saturated carbocycles. The highest BCUT2D eigenvalue weighted by atomic mass is 35.5. The van der Waals surface area contributed by atoms with Gasteiger partial charge in [0.05, 0.1) is 5.92 Å². The highest BCUT2D eigenvalue weighted by molar-refractivity contribution is 5.85. The Balaban J connectivity index is 0.00000400. The second kappa shape index (κ2) is 8.67. The van der Waals surface area contributed by atoms with Crippen LogP contribution in [-0.2, 0) is 20.7 Å². The van der Waals surface area contributed by atoms with Gasteiger partial charge in [-0.15, -0.1) is 12.4 Å². The summed E-state index contributed by atoms with van der Waals surface area (Å²) in [5, 5.41) is 2.55. The van der Waals surface area contributed by atoms with Gasteiger partial charge in [-0.3, -0.25) is 9.59 Å². The molecule has 5 heteroatoms. The third-order valence-electron chi connectivity index (χ3n) is 2.78. The van der Waals surface area contributed by atoms with Crippen molar-refractivity contribution in [1.82, 2.24) is 5.32 Å². The number of benzene rings is 1. The van der Waals surface area contributed by atoms with Gasteiger partial charge in [-0.1, -0.05) is 30.3 Å². The Morgan fingerprint density at radius 3 is 2.24 bits per heavy atom. The van der Waals surface area contributed by atoms with Gasteiger partial charge in [0.2, 0.25) is 5.91 Å². The molecule has 1 aromatic rings. The molecule has 0 saturated heterocycles. The maximum atomic E-state index is 12.2. The molecule has 21 heavy (non-hydrogen) atoms. The summed E-state index contributed by atoms with van der Waals surface area (Å²) in [6.07, 6.45) is 0.642. The van der Waals surface area contributed by atoms with E-state index in [9.17, 15) is 9.59 Å². The number of rotatable bonds is 5. The van der Waals surface area contributed by atoms with Crippen molar-refractivity contribution in [3.63, 3.8) is 0 Å². The SMILES string of the molecule is CNC(=O)CC(Cc1ccccc1)C(=O)OC(C)(C)C.Cl. The Morgan fingerprint density at radius 1 is 1.19 bits per heavy atom. The van der Waals surface area contributed by atoms with Crippen molar-refractivity contribution in [2.75, 3.05) is 7.05 Å². The smallest absolute Gasteiger partial charge is 0.310 e. The molecule has 1 unspecified atom stereocenters. The van der Waals surface area contributed by atoms with Crippen molar-refractivity contribution in [2.45, 2.75) is 39.2 Å². The van der Waals surface area contributed by atoms with Crippen molar-refractivity contribution in [3.8, 4) is 0 Å². The average Bonchev–Trinajstić information content (AvgIpc) is 2.37. The van der Waals surface area contributed by atoms with E-state index >= 15 is 0 Å². The van der Waals surface area contributed by atoms with Crippen LogP contribution in [0.4, 0.5) is 0 Å². The van der Waals surface area contributed by atoms with Gasteiger partial charge < -0.3 is 10.1 Å². The number of amides is 1. The van der Waals surface area contributed by atoms with E-state index in [2.05, 4.69) is 5.32 Å². The molecule has 1 rings (SSSR count). The van der Waals surface area contributed by atoms with Crippen LogP contribution in [0.15, 0.2) is 30.3 Å². The van der Waals surface area contributed by atoms with E-state index in [1.54, 1.807) is 7.05 Å². The summed E-state index contributed by atoms with van der Waals surface area (Å²) >= 11 is 0. The van der Waals surface area contributed by atoms with Crippen LogP contribution in [0.5, 0.6) is 0 Å². The van der Waals surface area contributed by atoms with E-state index in [0.29, 0.717) is 6.42 Å². The molecule has 1 N–H and O–H groups in total. The maximum absolute atomic E-state index is 12.2. The summed E-state index contributed by atoms with van der Waals surface area (Å²) in [5.74, 6) is -0.946. The zero-order valence-electron chi connectivity index (χ0n) is 13.0. The lowest BCUT2D eigenvalue weighted by Crippen LogP contribution is -2.33. The molecule has 118 valence electrons. The van der Waals surface area contributed by atoms with Gasteiger partial charge in [0, 0.05) is 13.5 Å². The molecule has 0 bridgehead atoms. The predicted molar refractivity (Wildman–Crippen MR) is 85.4 cm³/mol. The largest absolute Gasteiger partial charge is 0.460 e. The van der Waals surface area contributed by atoms with Gasteiger partial charge in [-0.05, 0) is 32.8 Å². The van der Waals surface area contributed by atoms with Crippen LogP contribution in [0, 0.1) is 5.92 Å². The predicted octanol–water partition coefficient (Wildman–Crippen LogP) is 2.74. The van der Waals surface area contributed by atoms with Crippen LogP contribution in [0.3, 0.4) is 0 Å². The van der Waals surface area contributed by atoms with E-state index in [1.165, 1.54) is 0 Å². The molecular formula is C16H24ClNO3.